The first kappa shape index (κ1) is 13.8. The van der Waals surface area contributed by atoms with Crippen LogP contribution >= 0.6 is 0 Å². The number of amides is 1. The van der Waals surface area contributed by atoms with Gasteiger partial charge >= 0.3 is 0 Å². The Kier molecular flexibility index (Phi) is 4.28. The van der Waals surface area contributed by atoms with E-state index in [1.165, 1.54) is 0 Å². The molecule has 21 heavy (non-hydrogen) atoms. The minimum Gasteiger partial charge on any atom is -0.348 e. The zero-order valence-electron chi connectivity index (χ0n) is 12.0. The van der Waals surface area contributed by atoms with E-state index in [4.69, 9.17) is 0 Å². The van der Waals surface area contributed by atoms with Gasteiger partial charge in [0.2, 0.25) is 5.91 Å². The lowest BCUT2D eigenvalue weighted by Gasteiger charge is -2.32. The number of pyridine rings is 1. The molecule has 1 aliphatic rings. The van der Waals surface area contributed by atoms with Crippen LogP contribution in [-0.4, -0.2) is 38.8 Å². The number of aromatic amines is 1. The van der Waals surface area contributed by atoms with Crippen LogP contribution in [0.1, 0.15) is 36.6 Å². The minimum atomic E-state index is 0.239. The monoisotopic (exact) mass is 284 g/mol. The standard InChI is InChI=1S/C16H20N4O/c21-15(4-3-13-5-7-17-8-6-13)20-11-1-2-14(12-20)16-18-9-10-19-16/h5-10,14H,1-4,11-12H2,(H,18,19). The third-order valence-corrected chi connectivity index (χ3v) is 4.06. The molecule has 0 saturated carbocycles. The Hall–Kier alpha value is -2.17. The van der Waals surface area contributed by atoms with E-state index < -0.39 is 0 Å². The average molecular weight is 284 g/mol. The summed E-state index contributed by atoms with van der Waals surface area (Å²) in [6.07, 6.45) is 10.7. The average Bonchev–Trinajstić information content (AvgIpc) is 3.08. The number of aryl methyl sites for hydroxylation is 1. The highest BCUT2D eigenvalue weighted by Crippen LogP contribution is 2.24. The van der Waals surface area contributed by atoms with E-state index in [0.29, 0.717) is 12.3 Å². The van der Waals surface area contributed by atoms with E-state index in [9.17, 15) is 4.79 Å². The Morgan fingerprint density at radius 1 is 1.33 bits per heavy atom. The maximum Gasteiger partial charge on any atom is 0.222 e. The Labute approximate surface area is 124 Å². The van der Waals surface area contributed by atoms with Crippen LogP contribution in [0.2, 0.25) is 0 Å². The fourth-order valence-electron chi connectivity index (χ4n) is 2.89. The Balaban J connectivity index is 1.55. The van der Waals surface area contributed by atoms with Gasteiger partial charge in [0.05, 0.1) is 0 Å². The predicted octanol–water partition coefficient (Wildman–Crippen LogP) is 2.14. The van der Waals surface area contributed by atoms with E-state index in [0.717, 1.165) is 43.7 Å². The highest BCUT2D eigenvalue weighted by molar-refractivity contribution is 5.76. The summed E-state index contributed by atoms with van der Waals surface area (Å²) in [5, 5.41) is 0. The fourth-order valence-corrected chi connectivity index (χ4v) is 2.89. The molecular weight excluding hydrogens is 264 g/mol. The molecule has 1 atom stereocenters. The summed E-state index contributed by atoms with van der Waals surface area (Å²) in [5.41, 5.74) is 1.16. The molecule has 1 saturated heterocycles. The number of piperidine rings is 1. The molecule has 0 aliphatic carbocycles. The quantitative estimate of drug-likeness (QED) is 0.935. The van der Waals surface area contributed by atoms with Crippen molar-refractivity contribution in [2.24, 2.45) is 0 Å². The Morgan fingerprint density at radius 2 is 2.19 bits per heavy atom. The van der Waals surface area contributed by atoms with E-state index in [1.54, 1.807) is 18.6 Å². The number of nitrogens with one attached hydrogen (secondary N) is 1. The molecule has 1 fully saturated rings. The van der Waals surface area contributed by atoms with Gasteiger partial charge in [-0.05, 0) is 37.0 Å². The van der Waals surface area contributed by atoms with Gasteiger partial charge in [-0.2, -0.15) is 0 Å². The second-order valence-electron chi connectivity index (χ2n) is 5.51. The van der Waals surface area contributed by atoms with Crippen molar-refractivity contribution in [2.45, 2.75) is 31.6 Å². The van der Waals surface area contributed by atoms with Crippen LogP contribution in [0.3, 0.4) is 0 Å². The topological polar surface area (TPSA) is 61.9 Å². The number of H-pyrrole nitrogens is 1. The molecule has 5 nitrogen and oxygen atoms in total. The number of rotatable bonds is 4. The van der Waals surface area contributed by atoms with Crippen LogP contribution < -0.4 is 0 Å². The van der Waals surface area contributed by atoms with E-state index >= 15 is 0 Å². The molecule has 110 valence electrons. The van der Waals surface area contributed by atoms with Crippen molar-refractivity contribution in [3.05, 3.63) is 48.3 Å². The number of nitrogens with zero attached hydrogens (tertiary/aromatic N) is 3. The van der Waals surface area contributed by atoms with Gasteiger partial charge in [0, 0.05) is 50.2 Å². The number of hydrogen-bond donors (Lipinski definition) is 1. The van der Waals surface area contributed by atoms with Crippen LogP contribution in [0, 0.1) is 0 Å². The van der Waals surface area contributed by atoms with Crippen LogP contribution in [0.5, 0.6) is 0 Å². The SMILES string of the molecule is O=C(CCc1ccncc1)N1CCCC(c2ncc[nH]2)C1. The van der Waals surface area contributed by atoms with Crippen molar-refractivity contribution < 1.29 is 4.79 Å². The first-order valence-corrected chi connectivity index (χ1v) is 7.49. The maximum absolute atomic E-state index is 12.4. The second-order valence-corrected chi connectivity index (χ2v) is 5.51. The summed E-state index contributed by atoms with van der Waals surface area (Å²) in [5.74, 6) is 1.59. The summed E-state index contributed by atoms with van der Waals surface area (Å²) in [7, 11) is 0. The van der Waals surface area contributed by atoms with Gasteiger partial charge in [0.1, 0.15) is 5.82 Å². The van der Waals surface area contributed by atoms with Gasteiger partial charge in [0.15, 0.2) is 0 Å². The Bertz CT molecular complexity index is 567. The maximum atomic E-state index is 12.4. The predicted molar refractivity (Wildman–Crippen MR) is 79.7 cm³/mol. The highest BCUT2D eigenvalue weighted by atomic mass is 16.2. The molecule has 1 N–H and O–H groups in total. The lowest BCUT2D eigenvalue weighted by atomic mass is 9.97. The molecule has 3 heterocycles. The molecule has 3 rings (SSSR count). The van der Waals surface area contributed by atoms with Gasteiger partial charge in [-0.1, -0.05) is 0 Å². The smallest absolute Gasteiger partial charge is 0.222 e. The zero-order valence-corrected chi connectivity index (χ0v) is 12.0. The summed E-state index contributed by atoms with van der Waals surface area (Å²) in [6.45, 7) is 1.65. The molecule has 1 amide bonds. The van der Waals surface area contributed by atoms with Crippen molar-refractivity contribution in [1.29, 1.82) is 0 Å². The van der Waals surface area contributed by atoms with Crippen LogP contribution in [0.15, 0.2) is 36.9 Å². The summed E-state index contributed by atoms with van der Waals surface area (Å²) in [4.78, 5) is 25.8. The lowest BCUT2D eigenvalue weighted by molar-refractivity contribution is -0.132. The summed E-state index contributed by atoms with van der Waals surface area (Å²) in [6, 6.07) is 3.93. The van der Waals surface area contributed by atoms with Gasteiger partial charge in [-0.3, -0.25) is 9.78 Å². The number of carbonyl (C=O) groups excluding carboxylic acids is 1. The highest BCUT2D eigenvalue weighted by Gasteiger charge is 2.25. The summed E-state index contributed by atoms with van der Waals surface area (Å²) < 4.78 is 0. The van der Waals surface area contributed by atoms with Crippen molar-refractivity contribution in [2.75, 3.05) is 13.1 Å². The first-order valence-electron chi connectivity index (χ1n) is 7.49. The first-order chi connectivity index (χ1) is 10.3. The van der Waals surface area contributed by atoms with Crippen molar-refractivity contribution in [3.8, 4) is 0 Å². The fraction of sp³-hybridized carbons (Fsp3) is 0.438. The molecular formula is C16H20N4O. The molecule has 2 aromatic heterocycles. The molecule has 2 aromatic rings. The zero-order chi connectivity index (χ0) is 14.5. The van der Waals surface area contributed by atoms with Gasteiger partial charge in [-0.25, -0.2) is 4.98 Å². The molecule has 0 bridgehead atoms. The van der Waals surface area contributed by atoms with E-state index in [1.807, 2.05) is 23.2 Å². The number of hydrogen-bond acceptors (Lipinski definition) is 3. The van der Waals surface area contributed by atoms with Crippen LogP contribution in [-0.2, 0) is 11.2 Å². The van der Waals surface area contributed by atoms with Crippen LogP contribution in [0.25, 0.3) is 0 Å². The molecule has 0 aromatic carbocycles. The normalized spacial score (nSPS) is 18.7. The number of carbonyl (C=O) groups is 1. The lowest BCUT2D eigenvalue weighted by Crippen LogP contribution is -2.39. The summed E-state index contributed by atoms with van der Waals surface area (Å²) >= 11 is 0. The van der Waals surface area contributed by atoms with Crippen molar-refractivity contribution >= 4 is 5.91 Å². The molecule has 1 unspecified atom stereocenters. The van der Waals surface area contributed by atoms with Gasteiger partial charge in [0.25, 0.3) is 0 Å². The largest absolute Gasteiger partial charge is 0.348 e. The molecule has 0 spiro atoms. The van der Waals surface area contributed by atoms with E-state index in [-0.39, 0.29) is 5.91 Å². The third kappa shape index (κ3) is 3.48. The van der Waals surface area contributed by atoms with Gasteiger partial charge < -0.3 is 9.88 Å². The number of imidazole rings is 1. The minimum absolute atomic E-state index is 0.239. The number of aromatic nitrogens is 3. The molecule has 0 radical (unpaired) electrons. The number of likely N-dealkylation sites (tertiary alicyclic amines) is 1. The Morgan fingerprint density at radius 3 is 2.95 bits per heavy atom. The van der Waals surface area contributed by atoms with Crippen molar-refractivity contribution in [3.63, 3.8) is 0 Å². The van der Waals surface area contributed by atoms with E-state index in [2.05, 4.69) is 15.0 Å². The second kappa shape index (κ2) is 6.52. The van der Waals surface area contributed by atoms with Crippen molar-refractivity contribution in [1.82, 2.24) is 19.9 Å². The third-order valence-electron chi connectivity index (χ3n) is 4.06. The van der Waals surface area contributed by atoms with Crippen LogP contribution in [0.4, 0.5) is 0 Å². The molecule has 5 heteroatoms. The van der Waals surface area contributed by atoms with Gasteiger partial charge in [-0.15, -0.1) is 0 Å². The molecule has 1 aliphatic heterocycles.